The van der Waals surface area contributed by atoms with Crippen molar-refractivity contribution in [3.05, 3.63) is 30.1 Å². The third-order valence-electron chi connectivity index (χ3n) is 4.32. The smallest absolute Gasteiger partial charge is 0.227 e. The standard InChI is InChI=1S/C17H23N5O/c1-10(2)15-20-16(22-21-15)13-5-3-4-6-14(13)19-17(23)11-7-8-12(18)9-11/h3-6,10-12H,7-9,18H2,1-2H3,(H,19,23)(H,20,21,22). The monoisotopic (exact) mass is 313 g/mol. The van der Waals surface area contributed by atoms with Crippen molar-refractivity contribution in [1.29, 1.82) is 0 Å². The summed E-state index contributed by atoms with van der Waals surface area (Å²) in [5.41, 5.74) is 7.47. The minimum Gasteiger partial charge on any atom is -0.328 e. The summed E-state index contributed by atoms with van der Waals surface area (Å²) in [5.74, 6) is 1.75. The molecule has 122 valence electrons. The van der Waals surface area contributed by atoms with Gasteiger partial charge < -0.3 is 11.1 Å². The lowest BCUT2D eigenvalue weighted by Gasteiger charge is -2.13. The molecule has 0 radical (unpaired) electrons. The van der Waals surface area contributed by atoms with E-state index in [2.05, 4.69) is 34.3 Å². The Hall–Kier alpha value is -2.21. The minimum absolute atomic E-state index is 0.00331. The molecule has 1 heterocycles. The van der Waals surface area contributed by atoms with Crippen molar-refractivity contribution in [1.82, 2.24) is 15.2 Å². The molecule has 1 aliphatic carbocycles. The number of aromatic nitrogens is 3. The lowest BCUT2D eigenvalue weighted by Crippen LogP contribution is -2.23. The summed E-state index contributed by atoms with van der Waals surface area (Å²) in [7, 11) is 0. The number of rotatable bonds is 4. The molecule has 6 heteroatoms. The first-order valence-corrected chi connectivity index (χ1v) is 8.12. The van der Waals surface area contributed by atoms with Crippen LogP contribution < -0.4 is 11.1 Å². The molecule has 23 heavy (non-hydrogen) atoms. The Labute approximate surface area is 135 Å². The fourth-order valence-corrected chi connectivity index (χ4v) is 2.93. The normalized spacial score (nSPS) is 20.9. The van der Waals surface area contributed by atoms with Crippen molar-refractivity contribution >= 4 is 11.6 Å². The summed E-state index contributed by atoms with van der Waals surface area (Å²) in [5, 5.41) is 10.3. The van der Waals surface area contributed by atoms with E-state index in [1.807, 2.05) is 24.3 Å². The Morgan fingerprint density at radius 1 is 1.35 bits per heavy atom. The number of H-pyrrole nitrogens is 1. The number of carbonyl (C=O) groups excluding carboxylic acids is 1. The summed E-state index contributed by atoms with van der Waals surface area (Å²) >= 11 is 0. The van der Waals surface area contributed by atoms with Gasteiger partial charge in [-0.2, -0.15) is 5.10 Å². The van der Waals surface area contributed by atoms with Crippen molar-refractivity contribution in [3.63, 3.8) is 0 Å². The van der Waals surface area contributed by atoms with Crippen LogP contribution in [0.1, 0.15) is 44.9 Å². The molecule has 1 aromatic heterocycles. The van der Waals surface area contributed by atoms with Crippen LogP contribution in [0, 0.1) is 5.92 Å². The number of amides is 1. The van der Waals surface area contributed by atoms with Crippen molar-refractivity contribution in [2.24, 2.45) is 11.7 Å². The Morgan fingerprint density at radius 2 is 2.13 bits per heavy atom. The van der Waals surface area contributed by atoms with E-state index in [0.717, 1.165) is 36.3 Å². The lowest BCUT2D eigenvalue weighted by molar-refractivity contribution is -0.119. The summed E-state index contributed by atoms with van der Waals surface area (Å²) in [4.78, 5) is 17.0. The van der Waals surface area contributed by atoms with Crippen molar-refractivity contribution in [2.75, 3.05) is 5.32 Å². The molecule has 1 fully saturated rings. The number of benzene rings is 1. The Kier molecular flexibility index (Phi) is 4.43. The molecular weight excluding hydrogens is 290 g/mol. The molecule has 0 spiro atoms. The van der Waals surface area contributed by atoms with E-state index in [0.29, 0.717) is 5.82 Å². The van der Waals surface area contributed by atoms with Gasteiger partial charge in [-0.3, -0.25) is 9.89 Å². The number of carbonyl (C=O) groups is 1. The van der Waals surface area contributed by atoms with E-state index in [9.17, 15) is 4.79 Å². The summed E-state index contributed by atoms with van der Waals surface area (Å²) in [6.45, 7) is 4.11. The van der Waals surface area contributed by atoms with E-state index in [4.69, 9.17) is 5.73 Å². The Morgan fingerprint density at radius 3 is 2.78 bits per heavy atom. The number of hydrogen-bond acceptors (Lipinski definition) is 4. The van der Waals surface area contributed by atoms with Crippen LogP contribution in [0.15, 0.2) is 24.3 Å². The first kappa shape index (κ1) is 15.7. The van der Waals surface area contributed by atoms with Gasteiger partial charge in [-0.25, -0.2) is 4.98 Å². The van der Waals surface area contributed by atoms with Gasteiger partial charge in [-0.1, -0.05) is 26.0 Å². The van der Waals surface area contributed by atoms with Crippen molar-refractivity contribution in [2.45, 2.75) is 45.1 Å². The van der Waals surface area contributed by atoms with E-state index >= 15 is 0 Å². The van der Waals surface area contributed by atoms with Gasteiger partial charge in [0.1, 0.15) is 5.82 Å². The molecule has 1 amide bonds. The molecule has 0 aliphatic heterocycles. The van der Waals surface area contributed by atoms with Crippen molar-refractivity contribution in [3.8, 4) is 11.4 Å². The topological polar surface area (TPSA) is 96.7 Å². The van der Waals surface area contributed by atoms with E-state index in [1.165, 1.54) is 0 Å². The zero-order valence-electron chi connectivity index (χ0n) is 13.5. The van der Waals surface area contributed by atoms with Crippen molar-refractivity contribution < 1.29 is 4.79 Å². The molecule has 1 aliphatic rings. The number of nitrogens with one attached hydrogen (secondary N) is 2. The third-order valence-corrected chi connectivity index (χ3v) is 4.32. The van der Waals surface area contributed by atoms with Gasteiger partial charge in [0.05, 0.1) is 5.69 Å². The van der Waals surface area contributed by atoms with Crippen LogP contribution in [-0.4, -0.2) is 27.1 Å². The van der Waals surface area contributed by atoms with Crippen LogP contribution in [0.5, 0.6) is 0 Å². The van der Waals surface area contributed by atoms with Gasteiger partial charge in [-0.15, -0.1) is 0 Å². The van der Waals surface area contributed by atoms with Crippen LogP contribution in [0.25, 0.3) is 11.4 Å². The first-order valence-electron chi connectivity index (χ1n) is 8.12. The molecule has 1 saturated carbocycles. The molecule has 0 saturated heterocycles. The third kappa shape index (κ3) is 3.42. The van der Waals surface area contributed by atoms with Crippen LogP contribution in [0.3, 0.4) is 0 Å². The van der Waals surface area contributed by atoms with E-state index < -0.39 is 0 Å². The second kappa shape index (κ2) is 6.50. The lowest BCUT2D eigenvalue weighted by atomic mass is 10.1. The molecule has 2 aromatic rings. The average Bonchev–Trinajstić information content (AvgIpc) is 3.17. The van der Waals surface area contributed by atoms with Gasteiger partial charge in [-0.05, 0) is 31.4 Å². The maximum absolute atomic E-state index is 12.4. The number of hydrogen-bond donors (Lipinski definition) is 3. The highest BCUT2D eigenvalue weighted by atomic mass is 16.1. The summed E-state index contributed by atoms with van der Waals surface area (Å²) in [6, 6.07) is 7.76. The number of para-hydroxylation sites is 1. The molecule has 0 bridgehead atoms. The highest BCUT2D eigenvalue weighted by Crippen LogP contribution is 2.29. The highest BCUT2D eigenvalue weighted by molar-refractivity contribution is 5.96. The second-order valence-electron chi connectivity index (χ2n) is 6.50. The highest BCUT2D eigenvalue weighted by Gasteiger charge is 2.28. The van der Waals surface area contributed by atoms with Crippen LogP contribution in [0.4, 0.5) is 5.69 Å². The molecule has 4 N–H and O–H groups in total. The number of nitrogens with zero attached hydrogens (tertiary/aromatic N) is 2. The number of nitrogens with two attached hydrogens (primary N) is 1. The maximum atomic E-state index is 12.4. The molecular formula is C17H23N5O. The molecule has 6 nitrogen and oxygen atoms in total. The van der Waals surface area contributed by atoms with Gasteiger partial charge in [0.25, 0.3) is 0 Å². The average molecular weight is 313 g/mol. The van der Waals surface area contributed by atoms with Crippen LogP contribution in [-0.2, 0) is 4.79 Å². The maximum Gasteiger partial charge on any atom is 0.227 e. The van der Waals surface area contributed by atoms with E-state index in [-0.39, 0.29) is 23.8 Å². The number of aromatic amines is 1. The largest absolute Gasteiger partial charge is 0.328 e. The number of anilines is 1. The molecule has 1 aromatic carbocycles. The predicted octanol–water partition coefficient (Wildman–Crippen LogP) is 2.66. The predicted molar refractivity (Wildman–Crippen MR) is 89.9 cm³/mol. The fraction of sp³-hybridized carbons (Fsp3) is 0.471. The minimum atomic E-state index is -0.00331. The fourth-order valence-electron chi connectivity index (χ4n) is 2.93. The zero-order valence-corrected chi connectivity index (χ0v) is 13.5. The van der Waals surface area contributed by atoms with Gasteiger partial charge in [0, 0.05) is 23.4 Å². The van der Waals surface area contributed by atoms with Gasteiger partial charge >= 0.3 is 0 Å². The quantitative estimate of drug-likeness (QED) is 0.808. The Balaban J connectivity index is 1.81. The SMILES string of the molecule is CC(C)c1nc(-c2ccccc2NC(=O)C2CCC(N)C2)n[nH]1. The van der Waals surface area contributed by atoms with Gasteiger partial charge in [0.2, 0.25) is 5.91 Å². The van der Waals surface area contributed by atoms with Crippen LogP contribution >= 0.6 is 0 Å². The summed E-state index contributed by atoms with van der Waals surface area (Å²) in [6.07, 6.45) is 2.53. The molecule has 2 atom stereocenters. The van der Waals surface area contributed by atoms with Gasteiger partial charge in [0.15, 0.2) is 5.82 Å². The summed E-state index contributed by atoms with van der Waals surface area (Å²) < 4.78 is 0. The molecule has 2 unspecified atom stereocenters. The van der Waals surface area contributed by atoms with E-state index in [1.54, 1.807) is 0 Å². The second-order valence-corrected chi connectivity index (χ2v) is 6.50. The molecule has 3 rings (SSSR count). The first-order chi connectivity index (χ1) is 11.0. The zero-order chi connectivity index (χ0) is 16.4. The van der Waals surface area contributed by atoms with Crippen LogP contribution in [0.2, 0.25) is 0 Å². The Bertz CT molecular complexity index is 694.